The van der Waals surface area contributed by atoms with Gasteiger partial charge in [0.05, 0.1) is 11.1 Å². The highest BCUT2D eigenvalue weighted by Crippen LogP contribution is 2.37. The fraction of sp³-hybridized carbons (Fsp3) is 0.172. The number of ketones is 2. The molecule has 0 heterocycles. The van der Waals surface area contributed by atoms with Crippen molar-refractivity contribution in [3.63, 3.8) is 0 Å². The van der Waals surface area contributed by atoms with E-state index in [0.29, 0.717) is 35.2 Å². The summed E-state index contributed by atoms with van der Waals surface area (Å²) in [5.41, 5.74) is 4.69. The minimum absolute atomic E-state index is 0.0359. The molecule has 2 N–H and O–H groups in total. The summed E-state index contributed by atoms with van der Waals surface area (Å²) in [4.78, 5) is 25.3. The van der Waals surface area contributed by atoms with Crippen molar-refractivity contribution in [2.45, 2.75) is 31.6 Å². The normalized spacial score (nSPS) is 15.2. The van der Waals surface area contributed by atoms with Crippen molar-refractivity contribution in [2.75, 3.05) is 5.73 Å². The first-order valence-electron chi connectivity index (χ1n) is 11.6. The third-order valence-electron chi connectivity index (χ3n) is 6.21. The Morgan fingerprint density at radius 3 is 2.13 bits per heavy atom. The van der Waals surface area contributed by atoms with Gasteiger partial charge in [0.15, 0.2) is 11.6 Å². The maximum Gasteiger partial charge on any atom is 0.416 e. The van der Waals surface area contributed by atoms with Crippen LogP contribution in [0.25, 0.3) is 12.2 Å². The molecule has 0 saturated carbocycles. The number of carbonyl (C=O) groups excluding carboxylic acids is 2. The summed E-state index contributed by atoms with van der Waals surface area (Å²) in [5, 5.41) is 0. The van der Waals surface area contributed by atoms with Crippen LogP contribution in [0.1, 0.15) is 50.2 Å². The molecule has 0 radical (unpaired) electrons. The van der Waals surface area contributed by atoms with Gasteiger partial charge >= 0.3 is 12.4 Å². The Kier molecular flexibility index (Phi) is 7.50. The van der Waals surface area contributed by atoms with Gasteiger partial charge in [-0.25, -0.2) is 4.39 Å². The van der Waals surface area contributed by atoms with Gasteiger partial charge in [0, 0.05) is 23.2 Å². The van der Waals surface area contributed by atoms with Crippen molar-refractivity contribution >= 4 is 29.4 Å². The van der Waals surface area contributed by atoms with Crippen LogP contribution in [0.5, 0.6) is 0 Å². The van der Waals surface area contributed by atoms with Crippen molar-refractivity contribution in [1.29, 1.82) is 0 Å². The number of aryl methyl sites for hydroxylation is 1. The average molecular weight is 547 g/mol. The lowest BCUT2D eigenvalue weighted by molar-refractivity contribution is -0.143. The summed E-state index contributed by atoms with van der Waals surface area (Å²) < 4.78 is 92.3. The second-order valence-electron chi connectivity index (χ2n) is 9.07. The summed E-state index contributed by atoms with van der Waals surface area (Å²) in [7, 11) is 0. The van der Waals surface area contributed by atoms with E-state index in [2.05, 4.69) is 0 Å². The van der Waals surface area contributed by atoms with Gasteiger partial charge in [0.1, 0.15) is 5.82 Å². The number of anilines is 1. The topological polar surface area (TPSA) is 60.2 Å². The van der Waals surface area contributed by atoms with Gasteiger partial charge in [-0.05, 0) is 77.6 Å². The fourth-order valence-corrected chi connectivity index (χ4v) is 4.27. The minimum atomic E-state index is -4.99. The molecule has 3 nitrogen and oxygen atoms in total. The lowest BCUT2D eigenvalue weighted by Gasteiger charge is -2.19. The molecular formula is C29H20F7NO2. The Labute approximate surface area is 218 Å². The van der Waals surface area contributed by atoms with Crippen molar-refractivity contribution in [3.8, 4) is 0 Å². The zero-order chi connectivity index (χ0) is 28.5. The minimum Gasteiger partial charge on any atom is -0.398 e. The van der Waals surface area contributed by atoms with E-state index in [9.17, 15) is 40.3 Å². The molecule has 1 aliphatic rings. The second-order valence-corrected chi connectivity index (χ2v) is 9.07. The van der Waals surface area contributed by atoms with E-state index in [4.69, 9.17) is 5.73 Å². The zero-order valence-electron chi connectivity index (χ0n) is 20.1. The van der Waals surface area contributed by atoms with E-state index >= 15 is 0 Å². The molecule has 202 valence electrons. The molecule has 0 fully saturated rings. The van der Waals surface area contributed by atoms with Crippen LogP contribution >= 0.6 is 0 Å². The third kappa shape index (κ3) is 6.63. The SMILES string of the molecule is Nc1cc(F)ccc1CC(=O)/C=C/c1ccc2c(c1)CC/C(=C\c1cc(C(F)(F)F)cc(C(F)(F)F)c1)C2=O. The summed E-state index contributed by atoms with van der Waals surface area (Å²) in [6, 6.07) is 9.70. The van der Waals surface area contributed by atoms with Crippen LogP contribution in [0.15, 0.2) is 66.2 Å². The van der Waals surface area contributed by atoms with Crippen molar-refractivity contribution in [2.24, 2.45) is 0 Å². The predicted molar refractivity (Wildman–Crippen MR) is 132 cm³/mol. The summed E-state index contributed by atoms with van der Waals surface area (Å²) in [6.07, 6.45) is -5.66. The second kappa shape index (κ2) is 10.5. The fourth-order valence-electron chi connectivity index (χ4n) is 4.27. The number of halogens is 7. The molecule has 0 atom stereocenters. The van der Waals surface area contributed by atoms with Crippen LogP contribution in [0.2, 0.25) is 0 Å². The number of carbonyl (C=O) groups is 2. The highest BCUT2D eigenvalue weighted by molar-refractivity contribution is 6.13. The van der Waals surface area contributed by atoms with Crippen LogP contribution in [0, 0.1) is 5.82 Å². The van der Waals surface area contributed by atoms with Gasteiger partial charge in [-0.3, -0.25) is 9.59 Å². The molecule has 0 saturated heterocycles. The molecule has 10 heteroatoms. The predicted octanol–water partition coefficient (Wildman–Crippen LogP) is 7.48. The number of hydrogen-bond acceptors (Lipinski definition) is 3. The maximum atomic E-state index is 13.2. The Hall–Kier alpha value is -4.21. The molecule has 0 spiro atoms. The van der Waals surface area contributed by atoms with Crippen molar-refractivity contribution in [1.82, 2.24) is 0 Å². The first-order valence-corrected chi connectivity index (χ1v) is 11.6. The number of hydrogen-bond donors (Lipinski definition) is 1. The number of nitrogens with two attached hydrogens (primary N) is 1. The molecule has 0 unspecified atom stereocenters. The van der Waals surface area contributed by atoms with Gasteiger partial charge in [0.25, 0.3) is 0 Å². The van der Waals surface area contributed by atoms with Crippen LogP contribution in [-0.4, -0.2) is 11.6 Å². The Morgan fingerprint density at radius 1 is 0.846 bits per heavy atom. The van der Waals surface area contributed by atoms with Crippen LogP contribution in [0.4, 0.5) is 36.4 Å². The summed E-state index contributed by atoms with van der Waals surface area (Å²) in [5.74, 6) is -1.30. The summed E-state index contributed by atoms with van der Waals surface area (Å²) in [6.45, 7) is 0. The monoisotopic (exact) mass is 547 g/mol. The van der Waals surface area contributed by atoms with Gasteiger partial charge in [-0.1, -0.05) is 30.3 Å². The first-order chi connectivity index (χ1) is 18.2. The number of benzene rings is 3. The van der Waals surface area contributed by atoms with Crippen molar-refractivity contribution < 1.29 is 40.3 Å². The van der Waals surface area contributed by atoms with Gasteiger partial charge < -0.3 is 5.73 Å². The molecule has 0 amide bonds. The van der Waals surface area contributed by atoms with Gasteiger partial charge in [0.2, 0.25) is 0 Å². The molecule has 0 aromatic heterocycles. The highest BCUT2D eigenvalue weighted by Gasteiger charge is 2.37. The molecule has 1 aliphatic carbocycles. The van der Waals surface area contributed by atoms with E-state index in [1.807, 2.05) is 0 Å². The van der Waals surface area contributed by atoms with Crippen LogP contribution in [0.3, 0.4) is 0 Å². The molecule has 39 heavy (non-hydrogen) atoms. The smallest absolute Gasteiger partial charge is 0.398 e. The highest BCUT2D eigenvalue weighted by atomic mass is 19.4. The maximum absolute atomic E-state index is 13.2. The summed E-state index contributed by atoms with van der Waals surface area (Å²) >= 11 is 0. The molecule has 4 rings (SSSR count). The number of nitrogen functional groups attached to an aromatic ring is 1. The van der Waals surface area contributed by atoms with Gasteiger partial charge in [-0.2, -0.15) is 26.3 Å². The molecule has 3 aromatic carbocycles. The molecule has 0 bridgehead atoms. The van der Waals surface area contributed by atoms with E-state index in [1.54, 1.807) is 18.2 Å². The Morgan fingerprint density at radius 2 is 1.51 bits per heavy atom. The Balaban J connectivity index is 1.54. The largest absolute Gasteiger partial charge is 0.416 e. The Bertz CT molecular complexity index is 1480. The number of alkyl halides is 6. The standard InChI is InChI=1S/C29H20F7NO2/c30-23-6-5-19(26(37)15-23)13-24(38)7-1-16-2-8-25-18(9-16)3-4-20(27(25)39)10-17-11-21(28(31,32)33)14-22(12-17)29(34,35)36/h1-2,5-12,14-15H,3-4,13,37H2/b7-1+,20-10+. The lowest BCUT2D eigenvalue weighted by Crippen LogP contribution is -2.15. The molecular weight excluding hydrogens is 527 g/mol. The van der Waals surface area contributed by atoms with E-state index in [1.165, 1.54) is 24.3 Å². The van der Waals surface area contributed by atoms with E-state index in [-0.39, 0.29) is 47.1 Å². The zero-order valence-corrected chi connectivity index (χ0v) is 20.1. The number of rotatable bonds is 5. The van der Waals surface area contributed by atoms with Crippen LogP contribution < -0.4 is 5.73 Å². The number of Topliss-reactive ketones (excluding diaryl/α,β-unsaturated/α-hetero) is 1. The van der Waals surface area contributed by atoms with E-state index < -0.39 is 35.1 Å². The van der Waals surface area contributed by atoms with Gasteiger partial charge in [-0.15, -0.1) is 0 Å². The van der Waals surface area contributed by atoms with E-state index in [0.717, 1.165) is 12.1 Å². The first kappa shape index (κ1) is 27.8. The average Bonchev–Trinajstić information content (AvgIpc) is 2.85. The third-order valence-corrected chi connectivity index (χ3v) is 6.21. The molecule has 3 aromatic rings. The lowest BCUT2D eigenvalue weighted by atomic mass is 9.85. The van der Waals surface area contributed by atoms with Crippen LogP contribution in [-0.2, 0) is 30.0 Å². The van der Waals surface area contributed by atoms with Crippen molar-refractivity contribution in [3.05, 3.63) is 111 Å². The quantitative estimate of drug-likeness (QED) is 0.205. The number of allylic oxidation sites excluding steroid dienone is 2. The number of fused-ring (bicyclic) bond motifs is 1. The molecule has 0 aliphatic heterocycles.